The zero-order valence-electron chi connectivity index (χ0n) is 10.3. The number of hydrogen-bond acceptors (Lipinski definition) is 3. The van der Waals surface area contributed by atoms with E-state index < -0.39 is 5.97 Å². The molecule has 0 amide bonds. The molecule has 2 aromatic rings. The molecule has 0 heterocycles. The molecular weight excluding hydrogens is 278 g/mol. The van der Waals surface area contributed by atoms with Crippen LogP contribution in [0.15, 0.2) is 42.5 Å². The maximum Gasteiger partial charge on any atom is 0.335 e. The van der Waals surface area contributed by atoms with Gasteiger partial charge in [0.05, 0.1) is 11.1 Å². The van der Waals surface area contributed by atoms with Gasteiger partial charge in [0, 0.05) is 5.02 Å². The molecule has 0 aromatic heterocycles. The van der Waals surface area contributed by atoms with E-state index in [1.54, 1.807) is 18.2 Å². The molecule has 0 aliphatic carbocycles. The Morgan fingerprint density at radius 1 is 1.30 bits per heavy atom. The largest absolute Gasteiger partial charge is 0.488 e. The van der Waals surface area contributed by atoms with E-state index in [9.17, 15) is 4.79 Å². The molecule has 0 saturated heterocycles. The lowest BCUT2D eigenvalue weighted by atomic mass is 10.1. The van der Waals surface area contributed by atoms with Crippen LogP contribution in [0, 0.1) is 11.3 Å². The number of carbonyl (C=O) groups is 1. The van der Waals surface area contributed by atoms with Crippen LogP contribution < -0.4 is 4.74 Å². The number of ether oxygens (including phenoxy) is 1. The lowest BCUT2D eigenvalue weighted by molar-refractivity contribution is 0.0697. The van der Waals surface area contributed by atoms with Gasteiger partial charge in [-0.25, -0.2) is 4.79 Å². The first-order valence-corrected chi connectivity index (χ1v) is 6.12. The van der Waals surface area contributed by atoms with Crippen molar-refractivity contribution in [3.05, 3.63) is 64.2 Å². The Kier molecular flexibility index (Phi) is 4.24. The van der Waals surface area contributed by atoms with Crippen molar-refractivity contribution in [2.24, 2.45) is 0 Å². The van der Waals surface area contributed by atoms with Gasteiger partial charge in [-0.15, -0.1) is 0 Å². The maximum absolute atomic E-state index is 10.8. The van der Waals surface area contributed by atoms with E-state index in [0.29, 0.717) is 10.8 Å². The van der Waals surface area contributed by atoms with Gasteiger partial charge in [-0.05, 0) is 35.9 Å². The Morgan fingerprint density at radius 3 is 2.75 bits per heavy atom. The van der Waals surface area contributed by atoms with Gasteiger partial charge < -0.3 is 9.84 Å². The number of halogens is 1. The number of nitrogens with zero attached hydrogens (tertiary/aromatic N) is 1. The van der Waals surface area contributed by atoms with Crippen molar-refractivity contribution in [2.75, 3.05) is 0 Å². The molecule has 0 saturated carbocycles. The summed E-state index contributed by atoms with van der Waals surface area (Å²) in [6, 6.07) is 13.3. The van der Waals surface area contributed by atoms with Gasteiger partial charge in [0.15, 0.2) is 0 Å². The van der Waals surface area contributed by atoms with E-state index in [2.05, 4.69) is 0 Å². The third-order valence-electron chi connectivity index (χ3n) is 2.63. The average molecular weight is 288 g/mol. The summed E-state index contributed by atoms with van der Waals surface area (Å²) in [5, 5.41) is 18.5. The maximum atomic E-state index is 10.8. The molecule has 5 heteroatoms. The Labute approximate surface area is 120 Å². The summed E-state index contributed by atoms with van der Waals surface area (Å²) < 4.78 is 5.53. The summed E-state index contributed by atoms with van der Waals surface area (Å²) in [5.74, 6) is -0.736. The van der Waals surface area contributed by atoms with Crippen LogP contribution in [-0.2, 0) is 6.61 Å². The predicted molar refractivity (Wildman–Crippen MR) is 73.9 cm³/mol. The van der Waals surface area contributed by atoms with Crippen molar-refractivity contribution in [1.82, 2.24) is 0 Å². The van der Waals surface area contributed by atoms with Gasteiger partial charge in [-0.1, -0.05) is 23.7 Å². The van der Waals surface area contributed by atoms with E-state index in [1.807, 2.05) is 12.1 Å². The van der Waals surface area contributed by atoms with E-state index in [0.717, 1.165) is 5.56 Å². The minimum atomic E-state index is -1.08. The monoisotopic (exact) mass is 287 g/mol. The van der Waals surface area contributed by atoms with E-state index in [-0.39, 0.29) is 17.7 Å². The summed E-state index contributed by atoms with van der Waals surface area (Å²) in [5.41, 5.74) is 1.10. The van der Waals surface area contributed by atoms with E-state index in [4.69, 9.17) is 26.7 Å². The molecule has 0 spiro atoms. The molecule has 2 aromatic carbocycles. The fraction of sp³-hybridized carbons (Fsp3) is 0.0667. The minimum absolute atomic E-state index is 0.0525. The summed E-state index contributed by atoms with van der Waals surface area (Å²) in [7, 11) is 0. The second kappa shape index (κ2) is 6.09. The molecule has 0 atom stereocenters. The first-order valence-electron chi connectivity index (χ1n) is 5.75. The Hall–Kier alpha value is -2.51. The highest BCUT2D eigenvalue weighted by Crippen LogP contribution is 2.21. The topological polar surface area (TPSA) is 70.3 Å². The lowest BCUT2D eigenvalue weighted by Gasteiger charge is -2.08. The van der Waals surface area contributed by atoms with E-state index in [1.165, 1.54) is 18.2 Å². The Bertz CT molecular complexity index is 692. The second-order valence-electron chi connectivity index (χ2n) is 4.05. The fourth-order valence-corrected chi connectivity index (χ4v) is 1.88. The number of rotatable bonds is 4. The van der Waals surface area contributed by atoms with Gasteiger partial charge in [-0.3, -0.25) is 0 Å². The first-order chi connectivity index (χ1) is 9.60. The van der Waals surface area contributed by atoms with Crippen molar-refractivity contribution in [2.45, 2.75) is 6.61 Å². The highest BCUT2D eigenvalue weighted by atomic mass is 35.5. The summed E-state index contributed by atoms with van der Waals surface area (Å²) in [6.07, 6.45) is 0. The van der Waals surface area contributed by atoms with E-state index >= 15 is 0 Å². The molecule has 0 radical (unpaired) electrons. The molecule has 0 aliphatic heterocycles. The highest BCUT2D eigenvalue weighted by Gasteiger charge is 2.09. The van der Waals surface area contributed by atoms with Crippen LogP contribution in [0.25, 0.3) is 0 Å². The molecule has 0 fully saturated rings. The second-order valence-corrected chi connectivity index (χ2v) is 4.48. The van der Waals surface area contributed by atoms with Crippen molar-refractivity contribution in [1.29, 1.82) is 5.26 Å². The van der Waals surface area contributed by atoms with Crippen molar-refractivity contribution < 1.29 is 14.6 Å². The van der Waals surface area contributed by atoms with Crippen LogP contribution in [0.4, 0.5) is 0 Å². The fourth-order valence-electron chi connectivity index (χ4n) is 1.66. The lowest BCUT2D eigenvalue weighted by Crippen LogP contribution is -2.00. The molecule has 20 heavy (non-hydrogen) atoms. The summed E-state index contributed by atoms with van der Waals surface area (Å²) in [4.78, 5) is 10.8. The zero-order valence-corrected chi connectivity index (χ0v) is 11.1. The molecule has 0 bridgehead atoms. The highest BCUT2D eigenvalue weighted by molar-refractivity contribution is 6.30. The van der Waals surface area contributed by atoms with Gasteiger partial charge in [-0.2, -0.15) is 5.26 Å². The Balaban J connectivity index is 2.18. The predicted octanol–water partition coefficient (Wildman–Crippen LogP) is 3.49. The van der Waals surface area contributed by atoms with Crippen molar-refractivity contribution in [3.8, 4) is 11.8 Å². The quantitative estimate of drug-likeness (QED) is 0.934. The molecule has 2 rings (SSSR count). The molecule has 1 N–H and O–H groups in total. The molecule has 0 aliphatic rings. The normalized spacial score (nSPS) is 9.80. The summed E-state index contributed by atoms with van der Waals surface area (Å²) >= 11 is 5.87. The van der Waals surface area contributed by atoms with Gasteiger partial charge in [0.1, 0.15) is 18.4 Å². The molecule has 4 nitrogen and oxygen atoms in total. The summed E-state index contributed by atoms with van der Waals surface area (Å²) in [6.45, 7) is 0.252. The van der Waals surface area contributed by atoms with Gasteiger partial charge >= 0.3 is 5.97 Å². The van der Waals surface area contributed by atoms with Gasteiger partial charge in [0.2, 0.25) is 0 Å². The van der Waals surface area contributed by atoms with Crippen LogP contribution in [0.1, 0.15) is 21.5 Å². The van der Waals surface area contributed by atoms with Crippen molar-refractivity contribution in [3.63, 3.8) is 0 Å². The van der Waals surface area contributed by atoms with Crippen LogP contribution in [-0.4, -0.2) is 11.1 Å². The standard InChI is InChI=1S/C15H10ClNO3/c16-13-3-1-2-10(6-13)9-20-14-5-4-11(15(18)19)7-12(14)8-17/h1-7H,9H2,(H,18,19). The smallest absolute Gasteiger partial charge is 0.335 e. The first kappa shape index (κ1) is 13.9. The van der Waals surface area contributed by atoms with Crippen LogP contribution >= 0.6 is 11.6 Å². The average Bonchev–Trinajstić information content (AvgIpc) is 2.45. The molecule has 0 unspecified atom stereocenters. The SMILES string of the molecule is N#Cc1cc(C(=O)O)ccc1OCc1cccc(Cl)c1. The zero-order chi connectivity index (χ0) is 14.5. The minimum Gasteiger partial charge on any atom is -0.488 e. The third-order valence-corrected chi connectivity index (χ3v) is 2.87. The number of aromatic carboxylic acids is 1. The van der Waals surface area contributed by atoms with Crippen LogP contribution in [0.5, 0.6) is 5.75 Å². The number of benzene rings is 2. The van der Waals surface area contributed by atoms with Crippen LogP contribution in [0.2, 0.25) is 5.02 Å². The molecule has 100 valence electrons. The third kappa shape index (κ3) is 3.28. The number of nitriles is 1. The number of carboxylic acids is 1. The van der Waals surface area contributed by atoms with Gasteiger partial charge in [0.25, 0.3) is 0 Å². The molecular formula is C15H10ClNO3. The number of hydrogen-bond donors (Lipinski definition) is 1. The number of carboxylic acid groups (broad SMARTS) is 1. The van der Waals surface area contributed by atoms with Crippen LogP contribution in [0.3, 0.4) is 0 Å². The van der Waals surface area contributed by atoms with Crippen molar-refractivity contribution >= 4 is 17.6 Å². The Morgan fingerprint density at radius 2 is 2.10 bits per heavy atom.